The molecule has 0 saturated heterocycles. The van der Waals surface area contributed by atoms with Crippen molar-refractivity contribution in [3.8, 4) is 0 Å². The van der Waals surface area contributed by atoms with Gasteiger partial charge in [-0.25, -0.2) is 0 Å². The minimum absolute atomic E-state index is 0.0645. The molecule has 0 unspecified atom stereocenters. The summed E-state index contributed by atoms with van der Waals surface area (Å²) in [7, 11) is 2.02. The molecule has 0 saturated carbocycles. The van der Waals surface area contributed by atoms with Crippen LogP contribution in [0, 0.1) is 10.8 Å². The lowest BCUT2D eigenvalue weighted by Crippen LogP contribution is -2.34. The Morgan fingerprint density at radius 3 is 2.18 bits per heavy atom. The number of carbonyl (C=O) groups excluding carboxylic acids is 1. The average molecular weight is 302 g/mol. The summed E-state index contributed by atoms with van der Waals surface area (Å²) in [5, 5.41) is 3.03. The van der Waals surface area contributed by atoms with Crippen LogP contribution >= 0.6 is 0 Å². The molecule has 0 bridgehead atoms. The smallest absolute Gasteiger partial charge is 0.230 e. The second-order valence-corrected chi connectivity index (χ2v) is 7.79. The minimum Gasteiger partial charge on any atom is -0.371 e. The Morgan fingerprint density at radius 1 is 1.18 bits per heavy atom. The number of amides is 1. The highest BCUT2D eigenvalue weighted by molar-refractivity contribution is 5.94. The van der Waals surface area contributed by atoms with Crippen molar-refractivity contribution in [3.63, 3.8) is 0 Å². The van der Waals surface area contributed by atoms with Gasteiger partial charge in [-0.1, -0.05) is 40.7 Å². The van der Waals surface area contributed by atoms with E-state index in [9.17, 15) is 4.79 Å². The Hall–Kier alpha value is -1.77. The van der Waals surface area contributed by atoms with Crippen LogP contribution in [0.25, 0.3) is 0 Å². The number of likely N-dealkylation sites (N-methyl/N-ethyl adjacent to an activating group) is 1. The molecule has 0 aromatic heterocycles. The molecule has 0 aliphatic carbocycles. The van der Waals surface area contributed by atoms with Gasteiger partial charge in [0, 0.05) is 30.4 Å². The lowest BCUT2D eigenvalue weighted by atomic mass is 9.75. The summed E-state index contributed by atoms with van der Waals surface area (Å²) >= 11 is 0. The average Bonchev–Trinajstić information content (AvgIpc) is 2.37. The van der Waals surface area contributed by atoms with Crippen molar-refractivity contribution in [3.05, 3.63) is 36.9 Å². The molecule has 22 heavy (non-hydrogen) atoms. The van der Waals surface area contributed by atoms with Gasteiger partial charge >= 0.3 is 0 Å². The maximum atomic E-state index is 12.5. The van der Waals surface area contributed by atoms with Gasteiger partial charge in [-0.05, 0) is 36.1 Å². The van der Waals surface area contributed by atoms with Crippen molar-refractivity contribution in [1.82, 2.24) is 0 Å². The number of hydrogen-bond donors (Lipinski definition) is 1. The first-order chi connectivity index (χ1) is 10.0. The van der Waals surface area contributed by atoms with Gasteiger partial charge < -0.3 is 10.2 Å². The zero-order valence-corrected chi connectivity index (χ0v) is 14.9. The number of nitrogens with zero attached hydrogens (tertiary/aromatic N) is 1. The molecule has 122 valence electrons. The number of anilines is 2. The summed E-state index contributed by atoms with van der Waals surface area (Å²) in [5.74, 6) is 0.0645. The van der Waals surface area contributed by atoms with Crippen LogP contribution in [0.2, 0.25) is 0 Å². The molecule has 0 spiro atoms. The van der Waals surface area contributed by atoms with Crippen molar-refractivity contribution in [2.45, 2.75) is 41.0 Å². The molecule has 3 nitrogen and oxygen atoms in total. The standard InChI is InChI=1S/C19H30N2O/c1-8-13-21(7)16-11-9-15(10-12-16)20-17(22)19(5,6)14-18(2,3)4/h8-12H,1,13-14H2,2-7H3,(H,20,22). The van der Waals surface area contributed by atoms with E-state index >= 15 is 0 Å². The molecule has 1 rings (SSSR count). The SMILES string of the molecule is C=CCN(C)c1ccc(NC(=O)C(C)(C)CC(C)(C)C)cc1. The molecular formula is C19H30N2O. The zero-order valence-electron chi connectivity index (χ0n) is 14.9. The van der Waals surface area contributed by atoms with E-state index in [0.29, 0.717) is 0 Å². The van der Waals surface area contributed by atoms with E-state index < -0.39 is 5.41 Å². The second-order valence-electron chi connectivity index (χ2n) is 7.79. The Morgan fingerprint density at radius 2 is 1.73 bits per heavy atom. The monoisotopic (exact) mass is 302 g/mol. The highest BCUT2D eigenvalue weighted by atomic mass is 16.2. The Balaban J connectivity index is 2.74. The second kappa shape index (κ2) is 6.99. The molecule has 0 heterocycles. The maximum Gasteiger partial charge on any atom is 0.230 e. The highest BCUT2D eigenvalue weighted by Crippen LogP contribution is 2.34. The van der Waals surface area contributed by atoms with Crippen LogP contribution in [-0.4, -0.2) is 19.5 Å². The summed E-state index contributed by atoms with van der Waals surface area (Å²) in [6.07, 6.45) is 2.71. The number of rotatable bonds is 6. The quantitative estimate of drug-likeness (QED) is 0.772. The third kappa shape index (κ3) is 5.55. The molecule has 0 aliphatic rings. The summed E-state index contributed by atoms with van der Waals surface area (Å²) in [4.78, 5) is 14.6. The zero-order chi connectivity index (χ0) is 17.0. The number of hydrogen-bond acceptors (Lipinski definition) is 2. The van der Waals surface area contributed by atoms with E-state index in [-0.39, 0.29) is 11.3 Å². The van der Waals surface area contributed by atoms with Crippen LogP contribution in [0.15, 0.2) is 36.9 Å². The fraction of sp³-hybridized carbons (Fsp3) is 0.526. The summed E-state index contributed by atoms with van der Waals surface area (Å²) in [6.45, 7) is 15.0. The molecule has 0 atom stereocenters. The van der Waals surface area contributed by atoms with Gasteiger partial charge in [-0.3, -0.25) is 4.79 Å². The topological polar surface area (TPSA) is 32.3 Å². The Bertz CT molecular complexity index is 509. The molecule has 3 heteroatoms. The normalized spacial score (nSPS) is 11.9. The van der Waals surface area contributed by atoms with Crippen molar-refractivity contribution in [1.29, 1.82) is 0 Å². The number of nitrogens with one attached hydrogen (secondary N) is 1. The van der Waals surface area contributed by atoms with E-state index in [1.165, 1.54) is 0 Å². The van der Waals surface area contributed by atoms with Gasteiger partial charge in [-0.2, -0.15) is 0 Å². The highest BCUT2D eigenvalue weighted by Gasteiger charge is 2.32. The molecular weight excluding hydrogens is 272 g/mol. The van der Waals surface area contributed by atoms with Crippen molar-refractivity contribution >= 4 is 17.3 Å². The minimum atomic E-state index is -0.392. The largest absolute Gasteiger partial charge is 0.371 e. The molecule has 1 amide bonds. The lowest BCUT2D eigenvalue weighted by Gasteiger charge is -2.31. The number of carbonyl (C=O) groups is 1. The van der Waals surface area contributed by atoms with Gasteiger partial charge in [0.25, 0.3) is 0 Å². The first-order valence-electron chi connectivity index (χ1n) is 7.79. The predicted octanol–water partition coefficient (Wildman–Crippen LogP) is 4.71. The van der Waals surface area contributed by atoms with Crippen LogP contribution < -0.4 is 10.2 Å². The van der Waals surface area contributed by atoms with E-state index in [1.807, 2.05) is 51.2 Å². The molecule has 0 aliphatic heterocycles. The first kappa shape index (κ1) is 18.3. The molecule has 0 fully saturated rings. The van der Waals surface area contributed by atoms with E-state index in [0.717, 1.165) is 24.3 Å². The Labute approximate surface area is 135 Å². The summed E-state index contributed by atoms with van der Waals surface area (Å²) in [6, 6.07) is 7.91. The molecule has 1 N–H and O–H groups in total. The van der Waals surface area contributed by atoms with Crippen LogP contribution in [0.3, 0.4) is 0 Å². The third-order valence-electron chi connectivity index (χ3n) is 3.56. The first-order valence-corrected chi connectivity index (χ1v) is 7.79. The molecule has 1 aromatic rings. The maximum absolute atomic E-state index is 12.5. The van der Waals surface area contributed by atoms with Crippen molar-refractivity contribution in [2.75, 3.05) is 23.8 Å². The van der Waals surface area contributed by atoms with E-state index in [4.69, 9.17) is 0 Å². The van der Waals surface area contributed by atoms with Gasteiger partial charge in [0.15, 0.2) is 0 Å². The van der Waals surface area contributed by atoms with E-state index in [2.05, 4.69) is 37.6 Å². The van der Waals surface area contributed by atoms with Crippen LogP contribution in [0.5, 0.6) is 0 Å². The van der Waals surface area contributed by atoms with Gasteiger partial charge in [0.2, 0.25) is 5.91 Å². The fourth-order valence-corrected chi connectivity index (χ4v) is 2.80. The summed E-state index contributed by atoms with van der Waals surface area (Å²) in [5.41, 5.74) is 1.67. The van der Waals surface area contributed by atoms with Crippen molar-refractivity contribution < 1.29 is 4.79 Å². The lowest BCUT2D eigenvalue weighted by molar-refractivity contribution is -0.125. The molecule has 0 radical (unpaired) electrons. The van der Waals surface area contributed by atoms with Crippen LogP contribution in [-0.2, 0) is 4.79 Å². The fourth-order valence-electron chi connectivity index (χ4n) is 2.80. The number of benzene rings is 1. The van der Waals surface area contributed by atoms with Gasteiger partial charge in [-0.15, -0.1) is 6.58 Å². The van der Waals surface area contributed by atoms with Crippen LogP contribution in [0.1, 0.15) is 41.0 Å². The predicted molar refractivity (Wildman–Crippen MR) is 96.4 cm³/mol. The van der Waals surface area contributed by atoms with E-state index in [1.54, 1.807) is 0 Å². The van der Waals surface area contributed by atoms with Gasteiger partial charge in [0.1, 0.15) is 0 Å². The summed E-state index contributed by atoms with van der Waals surface area (Å²) < 4.78 is 0. The van der Waals surface area contributed by atoms with Gasteiger partial charge in [0.05, 0.1) is 0 Å². The Kier molecular flexibility index (Phi) is 5.81. The molecule has 1 aromatic carbocycles. The van der Waals surface area contributed by atoms with Crippen LogP contribution in [0.4, 0.5) is 11.4 Å². The third-order valence-corrected chi connectivity index (χ3v) is 3.56. The van der Waals surface area contributed by atoms with Crippen molar-refractivity contribution in [2.24, 2.45) is 10.8 Å².